The molecule has 5 heterocycles. The van der Waals surface area contributed by atoms with Crippen molar-refractivity contribution in [1.29, 1.82) is 0 Å². The molecule has 3 saturated heterocycles. The standard InChI is InChI=1S/C15H21N5O2S2/c1-18-9-15(4-17-18)24(21,22)20-6-12-2-3-14(20)8-19(5-12)7-13-10-23-11-16-13/h4,9-12,14H,2-3,5-8H2,1H3/t12-,14+/m0/s1. The lowest BCUT2D eigenvalue weighted by molar-refractivity contribution is 0.225. The molecule has 2 aromatic rings. The number of aryl methyl sites for hydroxylation is 1. The topological polar surface area (TPSA) is 71.3 Å². The van der Waals surface area contributed by atoms with Crippen LogP contribution in [0.5, 0.6) is 0 Å². The van der Waals surface area contributed by atoms with Crippen molar-refractivity contribution in [3.8, 4) is 0 Å². The van der Waals surface area contributed by atoms with Crippen molar-refractivity contribution in [1.82, 2.24) is 24.0 Å². The van der Waals surface area contributed by atoms with Gasteiger partial charge in [0.1, 0.15) is 4.90 Å². The van der Waals surface area contributed by atoms with Crippen molar-refractivity contribution >= 4 is 21.4 Å². The third-order valence-corrected chi connectivity index (χ3v) is 7.40. The highest BCUT2D eigenvalue weighted by Crippen LogP contribution is 2.32. The van der Waals surface area contributed by atoms with Crippen molar-refractivity contribution in [2.24, 2.45) is 13.0 Å². The first-order valence-electron chi connectivity index (χ1n) is 8.12. The van der Waals surface area contributed by atoms with Crippen LogP contribution in [0.3, 0.4) is 0 Å². The molecule has 130 valence electrons. The van der Waals surface area contributed by atoms with Crippen molar-refractivity contribution in [2.45, 2.75) is 30.3 Å². The lowest BCUT2D eigenvalue weighted by atomic mass is 9.97. The number of hydrogen-bond acceptors (Lipinski definition) is 6. The predicted molar refractivity (Wildman–Crippen MR) is 91.0 cm³/mol. The number of sulfonamides is 1. The molecule has 2 aromatic heterocycles. The lowest BCUT2D eigenvalue weighted by Gasteiger charge is -2.34. The van der Waals surface area contributed by atoms with Gasteiger partial charge in [0.2, 0.25) is 10.0 Å². The molecule has 3 fully saturated rings. The fraction of sp³-hybridized carbons (Fsp3) is 0.600. The zero-order valence-corrected chi connectivity index (χ0v) is 15.2. The maximum atomic E-state index is 13.0. The van der Waals surface area contributed by atoms with Gasteiger partial charge in [-0.3, -0.25) is 9.58 Å². The number of hydrogen-bond donors (Lipinski definition) is 0. The van der Waals surface area contributed by atoms with E-state index in [4.69, 9.17) is 0 Å². The molecule has 0 spiro atoms. The smallest absolute Gasteiger partial charge is 0.246 e. The highest BCUT2D eigenvalue weighted by molar-refractivity contribution is 7.89. The first kappa shape index (κ1) is 16.2. The van der Waals surface area contributed by atoms with E-state index < -0.39 is 10.0 Å². The van der Waals surface area contributed by atoms with Crippen molar-refractivity contribution in [3.63, 3.8) is 0 Å². The van der Waals surface area contributed by atoms with Crippen LogP contribution in [0.25, 0.3) is 0 Å². The molecular formula is C15H21N5O2S2. The Morgan fingerprint density at radius 2 is 2.17 bits per heavy atom. The summed E-state index contributed by atoms with van der Waals surface area (Å²) in [5, 5.41) is 6.09. The average molecular weight is 368 g/mol. The van der Waals surface area contributed by atoms with E-state index in [0.29, 0.717) is 17.4 Å². The fourth-order valence-electron chi connectivity index (χ4n) is 3.77. The largest absolute Gasteiger partial charge is 0.296 e. The van der Waals surface area contributed by atoms with Crippen molar-refractivity contribution in [2.75, 3.05) is 19.6 Å². The minimum Gasteiger partial charge on any atom is -0.296 e. The normalized spacial score (nSPS) is 25.9. The summed E-state index contributed by atoms with van der Waals surface area (Å²) in [6.45, 7) is 3.12. The van der Waals surface area contributed by atoms with E-state index in [2.05, 4.69) is 20.4 Å². The Hall–Kier alpha value is -1.29. The van der Waals surface area contributed by atoms with Gasteiger partial charge in [-0.25, -0.2) is 13.4 Å². The van der Waals surface area contributed by atoms with E-state index >= 15 is 0 Å². The number of thiazole rings is 1. The van der Waals surface area contributed by atoms with Crippen LogP contribution in [0.15, 0.2) is 28.2 Å². The van der Waals surface area contributed by atoms with Crippen LogP contribution in [-0.2, 0) is 23.6 Å². The molecule has 0 unspecified atom stereocenters. The number of fused-ring (bicyclic) bond motifs is 4. The molecule has 24 heavy (non-hydrogen) atoms. The van der Waals surface area contributed by atoms with Crippen LogP contribution in [0.2, 0.25) is 0 Å². The summed E-state index contributed by atoms with van der Waals surface area (Å²) in [5.41, 5.74) is 2.92. The molecule has 0 aromatic carbocycles. The molecule has 7 nitrogen and oxygen atoms in total. The van der Waals surface area contributed by atoms with E-state index in [-0.39, 0.29) is 6.04 Å². The van der Waals surface area contributed by atoms with Gasteiger partial charge >= 0.3 is 0 Å². The van der Waals surface area contributed by atoms with Crippen molar-refractivity contribution < 1.29 is 8.42 Å². The van der Waals surface area contributed by atoms with Gasteiger partial charge in [0.05, 0.1) is 17.4 Å². The molecule has 3 aliphatic heterocycles. The van der Waals surface area contributed by atoms with Crippen molar-refractivity contribution in [3.05, 3.63) is 29.0 Å². The second-order valence-electron chi connectivity index (χ2n) is 6.70. The highest BCUT2D eigenvalue weighted by atomic mass is 32.2. The van der Waals surface area contributed by atoms with E-state index in [9.17, 15) is 8.42 Å². The maximum Gasteiger partial charge on any atom is 0.246 e. The Kier molecular flexibility index (Phi) is 4.19. The quantitative estimate of drug-likeness (QED) is 0.811. The molecule has 0 saturated carbocycles. The Bertz CT molecular complexity index is 802. The van der Waals surface area contributed by atoms with Crippen LogP contribution in [0.4, 0.5) is 0 Å². The molecular weight excluding hydrogens is 346 g/mol. The van der Waals surface area contributed by atoms with Gasteiger partial charge < -0.3 is 0 Å². The molecule has 0 aliphatic carbocycles. The number of piperidine rings is 1. The summed E-state index contributed by atoms with van der Waals surface area (Å²) in [7, 11) is -1.73. The maximum absolute atomic E-state index is 13.0. The van der Waals surface area contributed by atoms with Gasteiger partial charge in [0, 0.05) is 50.8 Å². The lowest BCUT2D eigenvalue weighted by Crippen LogP contribution is -2.47. The molecule has 0 N–H and O–H groups in total. The Balaban J connectivity index is 1.56. The third kappa shape index (κ3) is 3.01. The van der Waals surface area contributed by atoms with Crippen LogP contribution in [0.1, 0.15) is 18.5 Å². The highest BCUT2D eigenvalue weighted by Gasteiger charge is 2.41. The second kappa shape index (κ2) is 6.21. The Morgan fingerprint density at radius 1 is 1.29 bits per heavy atom. The first-order valence-corrected chi connectivity index (χ1v) is 10.5. The third-order valence-electron chi connectivity index (χ3n) is 4.90. The second-order valence-corrected chi connectivity index (χ2v) is 9.30. The SMILES string of the molecule is Cn1cc(S(=O)(=O)N2C[C@H]3CC[C@@H]2CN(Cc2cscn2)C3)cn1. The number of aromatic nitrogens is 3. The fourth-order valence-corrected chi connectivity index (χ4v) is 6.03. The Labute approximate surface area is 146 Å². The molecule has 0 amide bonds. The van der Waals surface area contributed by atoms with E-state index in [1.165, 1.54) is 10.9 Å². The summed E-state index contributed by atoms with van der Waals surface area (Å²) in [6.07, 6.45) is 5.05. The van der Waals surface area contributed by atoms with Crippen LogP contribution < -0.4 is 0 Å². The molecule has 3 aliphatic rings. The number of rotatable bonds is 4. The monoisotopic (exact) mass is 367 g/mol. The van der Waals surface area contributed by atoms with E-state index in [1.54, 1.807) is 28.9 Å². The molecule has 2 atom stereocenters. The first-order chi connectivity index (χ1) is 11.5. The van der Waals surface area contributed by atoms with Gasteiger partial charge in [-0.1, -0.05) is 0 Å². The molecule has 9 heteroatoms. The van der Waals surface area contributed by atoms with Gasteiger partial charge in [-0.15, -0.1) is 11.3 Å². The van der Waals surface area contributed by atoms with Gasteiger partial charge in [-0.2, -0.15) is 9.40 Å². The molecule has 2 bridgehead atoms. The van der Waals surface area contributed by atoms with Gasteiger partial charge in [0.15, 0.2) is 0 Å². The average Bonchev–Trinajstić information content (AvgIpc) is 3.12. The molecule has 5 rings (SSSR count). The minimum absolute atomic E-state index is 0.0348. The summed E-state index contributed by atoms with van der Waals surface area (Å²) in [4.78, 5) is 7.02. The summed E-state index contributed by atoms with van der Waals surface area (Å²) >= 11 is 1.60. The summed E-state index contributed by atoms with van der Waals surface area (Å²) in [5.74, 6) is 0.383. The minimum atomic E-state index is -3.47. The summed E-state index contributed by atoms with van der Waals surface area (Å²) < 4.78 is 29.3. The zero-order valence-electron chi connectivity index (χ0n) is 13.6. The molecule has 0 radical (unpaired) electrons. The van der Waals surface area contributed by atoms with Gasteiger partial charge in [0.25, 0.3) is 0 Å². The van der Waals surface area contributed by atoms with Gasteiger partial charge in [-0.05, 0) is 18.8 Å². The van der Waals surface area contributed by atoms with E-state index in [1.807, 2.05) is 5.51 Å². The van der Waals surface area contributed by atoms with Crippen LogP contribution in [-0.4, -0.2) is 58.1 Å². The Morgan fingerprint density at radius 3 is 2.88 bits per heavy atom. The predicted octanol–water partition coefficient (Wildman–Crippen LogP) is 1.16. The number of nitrogens with zero attached hydrogens (tertiary/aromatic N) is 5. The zero-order chi connectivity index (χ0) is 16.7. The summed E-state index contributed by atoms with van der Waals surface area (Å²) in [6, 6.07) is 0.0348. The van der Waals surface area contributed by atoms with Crippen LogP contribution in [0, 0.1) is 5.92 Å². The van der Waals surface area contributed by atoms with Crippen LogP contribution >= 0.6 is 11.3 Å². The van der Waals surface area contributed by atoms with E-state index in [0.717, 1.165) is 38.2 Å².